The van der Waals surface area contributed by atoms with Crippen molar-refractivity contribution in [2.45, 2.75) is 26.1 Å². The third-order valence-electron chi connectivity index (χ3n) is 6.33. The van der Waals surface area contributed by atoms with Gasteiger partial charge < -0.3 is 19.3 Å². The molecule has 0 atom stereocenters. The maximum Gasteiger partial charge on any atom is 0.416 e. The summed E-state index contributed by atoms with van der Waals surface area (Å²) in [5.74, 6) is 1.04. The molecule has 0 radical (unpaired) electrons. The van der Waals surface area contributed by atoms with Gasteiger partial charge in [0.15, 0.2) is 0 Å². The van der Waals surface area contributed by atoms with E-state index >= 15 is 0 Å². The van der Waals surface area contributed by atoms with Gasteiger partial charge in [0.2, 0.25) is 11.8 Å². The molecule has 3 heterocycles. The minimum Gasteiger partial charge on any atom is -0.438 e. The molecule has 1 fully saturated rings. The number of hydrogen-bond acceptors (Lipinski definition) is 6. The van der Waals surface area contributed by atoms with Gasteiger partial charge in [-0.2, -0.15) is 18.2 Å². The van der Waals surface area contributed by atoms with Crippen LogP contribution in [0.15, 0.2) is 48.5 Å². The lowest BCUT2D eigenvalue weighted by Crippen LogP contribution is -2.39. The van der Waals surface area contributed by atoms with Crippen molar-refractivity contribution in [3.8, 4) is 11.6 Å². The number of carbonyl (C=O) groups excluding carboxylic acids is 1. The summed E-state index contributed by atoms with van der Waals surface area (Å²) in [7, 11) is 0. The normalized spacial score (nSPS) is 16.0. The van der Waals surface area contributed by atoms with Crippen LogP contribution in [0, 0.1) is 6.92 Å². The number of para-hydroxylation sites is 1. The van der Waals surface area contributed by atoms with E-state index in [1.54, 1.807) is 0 Å². The van der Waals surface area contributed by atoms with Crippen LogP contribution in [-0.4, -0.2) is 53.6 Å². The molecule has 0 spiro atoms. The zero-order valence-corrected chi connectivity index (χ0v) is 19.7. The number of halogens is 3. The van der Waals surface area contributed by atoms with Crippen molar-refractivity contribution < 1.29 is 27.4 Å². The summed E-state index contributed by atoms with van der Waals surface area (Å²) in [4.78, 5) is 26.2. The van der Waals surface area contributed by atoms with Gasteiger partial charge in [0.25, 0.3) is 5.91 Å². The number of anilines is 1. The Labute approximate surface area is 206 Å². The van der Waals surface area contributed by atoms with E-state index < -0.39 is 17.6 Å². The molecule has 2 aromatic carbocycles. The largest absolute Gasteiger partial charge is 0.438 e. The molecule has 188 valence electrons. The smallest absolute Gasteiger partial charge is 0.416 e. The van der Waals surface area contributed by atoms with Gasteiger partial charge >= 0.3 is 6.18 Å². The molecular weight excluding hydrogens is 473 g/mol. The van der Waals surface area contributed by atoms with Crippen LogP contribution in [-0.2, 0) is 23.9 Å². The van der Waals surface area contributed by atoms with E-state index in [-0.39, 0.29) is 12.1 Å². The second-order valence-corrected chi connectivity index (χ2v) is 8.78. The number of hydrogen-bond donors (Lipinski definition) is 0. The third-order valence-corrected chi connectivity index (χ3v) is 6.33. The highest BCUT2D eigenvalue weighted by atomic mass is 19.4. The van der Waals surface area contributed by atoms with Gasteiger partial charge in [-0.1, -0.05) is 24.3 Å². The number of ether oxygens (including phenoxy) is 2. The third kappa shape index (κ3) is 4.99. The first-order chi connectivity index (χ1) is 17.3. The lowest BCUT2D eigenvalue weighted by atomic mass is 10.0. The minimum atomic E-state index is -4.52. The number of aromatic nitrogens is 2. The van der Waals surface area contributed by atoms with Crippen molar-refractivity contribution in [2.75, 3.05) is 37.7 Å². The summed E-state index contributed by atoms with van der Waals surface area (Å²) in [6.45, 7) is 4.85. The Morgan fingerprint density at radius 3 is 2.56 bits per heavy atom. The van der Waals surface area contributed by atoms with Gasteiger partial charge in [-0.25, -0.2) is 4.98 Å². The zero-order chi connectivity index (χ0) is 25.3. The molecule has 1 amide bonds. The lowest BCUT2D eigenvalue weighted by Gasteiger charge is -2.32. The van der Waals surface area contributed by atoms with Crippen LogP contribution in [0.3, 0.4) is 0 Å². The van der Waals surface area contributed by atoms with Crippen LogP contribution < -0.4 is 9.64 Å². The number of rotatable bonds is 4. The number of fused-ring (bicyclic) bond motifs is 1. The number of amides is 1. The highest BCUT2D eigenvalue weighted by Gasteiger charge is 2.33. The Bertz CT molecular complexity index is 1280. The van der Waals surface area contributed by atoms with Gasteiger partial charge in [-0.05, 0) is 36.8 Å². The van der Waals surface area contributed by atoms with Crippen LogP contribution in [0.4, 0.5) is 19.1 Å². The number of alkyl halides is 3. The molecule has 36 heavy (non-hydrogen) atoms. The van der Waals surface area contributed by atoms with Crippen molar-refractivity contribution >= 4 is 11.9 Å². The molecule has 3 aromatic rings. The molecule has 7 nitrogen and oxygen atoms in total. The maximum absolute atomic E-state index is 13.2. The Hall–Kier alpha value is -3.66. The van der Waals surface area contributed by atoms with Gasteiger partial charge in [0.1, 0.15) is 5.75 Å². The molecule has 2 aliphatic rings. The van der Waals surface area contributed by atoms with E-state index in [0.717, 1.165) is 23.4 Å². The van der Waals surface area contributed by atoms with Gasteiger partial charge in [0.05, 0.1) is 36.6 Å². The van der Waals surface area contributed by atoms with Crippen LogP contribution >= 0.6 is 0 Å². The SMILES string of the molecule is Cc1ccccc1Oc1nc(N2CCOCC2)nc2c1CN(C(=O)c1cccc(C(F)(F)F)c1)CC2. The summed E-state index contributed by atoms with van der Waals surface area (Å²) < 4.78 is 51.2. The lowest BCUT2D eigenvalue weighted by molar-refractivity contribution is -0.137. The van der Waals surface area contributed by atoms with E-state index in [9.17, 15) is 18.0 Å². The first-order valence-electron chi connectivity index (χ1n) is 11.7. The van der Waals surface area contributed by atoms with Crippen molar-refractivity contribution in [1.82, 2.24) is 14.9 Å². The van der Waals surface area contributed by atoms with Gasteiger partial charge in [-0.15, -0.1) is 0 Å². The fourth-order valence-electron chi connectivity index (χ4n) is 4.32. The van der Waals surface area contributed by atoms with E-state index in [2.05, 4.69) is 0 Å². The van der Waals surface area contributed by atoms with Crippen molar-refractivity contribution in [3.05, 3.63) is 76.5 Å². The monoisotopic (exact) mass is 498 g/mol. The molecular formula is C26H25F3N4O3. The van der Waals surface area contributed by atoms with E-state index in [1.807, 2.05) is 36.1 Å². The molecule has 5 rings (SSSR count). The summed E-state index contributed by atoms with van der Waals surface area (Å²) in [5, 5.41) is 0. The number of benzene rings is 2. The van der Waals surface area contributed by atoms with Gasteiger partial charge in [-0.3, -0.25) is 4.79 Å². The molecule has 0 unspecified atom stereocenters. The fraction of sp³-hybridized carbons (Fsp3) is 0.346. The average molecular weight is 499 g/mol. The van der Waals surface area contributed by atoms with E-state index in [0.29, 0.717) is 62.4 Å². The Morgan fingerprint density at radius 2 is 1.81 bits per heavy atom. The molecule has 0 N–H and O–H groups in total. The number of carbonyl (C=O) groups is 1. The van der Waals surface area contributed by atoms with E-state index in [4.69, 9.17) is 19.4 Å². The first-order valence-corrected chi connectivity index (χ1v) is 11.7. The molecule has 0 aliphatic carbocycles. The quantitative estimate of drug-likeness (QED) is 0.523. The minimum absolute atomic E-state index is 0.0134. The zero-order valence-electron chi connectivity index (χ0n) is 19.7. The summed E-state index contributed by atoms with van der Waals surface area (Å²) in [6, 6.07) is 12.0. The highest BCUT2D eigenvalue weighted by molar-refractivity contribution is 5.94. The van der Waals surface area contributed by atoms with Crippen LogP contribution in [0.5, 0.6) is 11.6 Å². The van der Waals surface area contributed by atoms with Crippen LogP contribution in [0.25, 0.3) is 0 Å². The predicted molar refractivity (Wildman–Crippen MR) is 126 cm³/mol. The van der Waals surface area contributed by atoms with Crippen molar-refractivity contribution in [2.24, 2.45) is 0 Å². The molecule has 0 saturated carbocycles. The predicted octanol–water partition coefficient (Wildman–Crippen LogP) is 4.63. The van der Waals surface area contributed by atoms with Crippen molar-refractivity contribution in [1.29, 1.82) is 0 Å². The fourth-order valence-corrected chi connectivity index (χ4v) is 4.32. The highest BCUT2D eigenvalue weighted by Crippen LogP contribution is 2.34. The number of nitrogens with zero attached hydrogens (tertiary/aromatic N) is 4. The molecule has 1 saturated heterocycles. The molecule has 10 heteroatoms. The Balaban J connectivity index is 1.48. The summed E-state index contributed by atoms with van der Waals surface area (Å²) in [6.07, 6.45) is -4.09. The van der Waals surface area contributed by atoms with Crippen LogP contribution in [0.1, 0.15) is 32.7 Å². The second kappa shape index (κ2) is 9.77. The first kappa shape index (κ1) is 24.1. The molecule has 0 bridgehead atoms. The molecule has 1 aromatic heterocycles. The summed E-state index contributed by atoms with van der Waals surface area (Å²) >= 11 is 0. The summed E-state index contributed by atoms with van der Waals surface area (Å²) in [5.41, 5.74) is 1.48. The Morgan fingerprint density at radius 1 is 1.03 bits per heavy atom. The van der Waals surface area contributed by atoms with Crippen LogP contribution in [0.2, 0.25) is 0 Å². The average Bonchev–Trinajstić information content (AvgIpc) is 2.89. The molecule has 2 aliphatic heterocycles. The maximum atomic E-state index is 13.2. The van der Waals surface area contributed by atoms with Gasteiger partial charge in [0, 0.05) is 31.6 Å². The van der Waals surface area contributed by atoms with Crippen molar-refractivity contribution in [3.63, 3.8) is 0 Å². The Kier molecular flexibility index (Phi) is 6.53. The van der Waals surface area contributed by atoms with E-state index in [1.165, 1.54) is 17.0 Å². The standard InChI is InChI=1S/C26H25F3N4O3/c1-17-5-2-3-8-22(17)36-23-20-16-33(24(34)18-6-4-7-19(15-18)26(27,28)29)10-9-21(20)30-25(31-23)32-11-13-35-14-12-32/h2-8,15H,9-14,16H2,1H3. The number of morpholine rings is 1. The topological polar surface area (TPSA) is 67.8 Å². The second-order valence-electron chi connectivity index (χ2n) is 8.78. The number of aryl methyl sites for hydroxylation is 1.